The minimum absolute atomic E-state index is 0.333. The Hall–Kier alpha value is -0.300. The lowest BCUT2D eigenvalue weighted by Gasteiger charge is -2.38. The third-order valence-corrected chi connectivity index (χ3v) is 3.18. The van der Waals surface area contributed by atoms with Gasteiger partial charge < -0.3 is 4.74 Å². The Morgan fingerprint density at radius 1 is 1.50 bits per heavy atom. The second-order valence-electron chi connectivity index (χ2n) is 4.48. The van der Waals surface area contributed by atoms with E-state index >= 15 is 0 Å². The summed E-state index contributed by atoms with van der Waals surface area (Å²) in [4.78, 5) is 0. The van der Waals surface area contributed by atoms with Crippen molar-refractivity contribution in [3.05, 3.63) is 12.2 Å². The first kappa shape index (κ1) is 8.31. The van der Waals surface area contributed by atoms with Crippen molar-refractivity contribution in [2.24, 2.45) is 0 Å². The molecule has 0 radical (unpaired) electrons. The van der Waals surface area contributed by atoms with Gasteiger partial charge in [-0.15, -0.1) is 6.58 Å². The molecule has 1 heteroatoms. The average Bonchev–Trinajstić information content (AvgIpc) is 2.29. The van der Waals surface area contributed by atoms with Crippen LogP contribution in [0.2, 0.25) is 0 Å². The molecule has 1 atom stereocenters. The molecule has 0 N–H and O–H groups in total. The van der Waals surface area contributed by atoms with Crippen LogP contribution in [0.4, 0.5) is 0 Å². The average molecular weight is 166 g/mol. The second-order valence-corrected chi connectivity index (χ2v) is 4.48. The van der Waals surface area contributed by atoms with Crippen LogP contribution in [0.5, 0.6) is 0 Å². The van der Waals surface area contributed by atoms with E-state index in [1.54, 1.807) is 0 Å². The second kappa shape index (κ2) is 2.88. The Morgan fingerprint density at radius 2 is 2.25 bits per heavy atom. The van der Waals surface area contributed by atoms with Crippen molar-refractivity contribution in [1.82, 2.24) is 0 Å². The minimum atomic E-state index is 0.333. The first-order valence-corrected chi connectivity index (χ1v) is 5.02. The Labute approximate surface area is 74.8 Å². The number of ether oxygens (including phenoxy) is 1. The van der Waals surface area contributed by atoms with Gasteiger partial charge in [0.1, 0.15) is 0 Å². The molecule has 1 nitrogen and oxygen atoms in total. The summed E-state index contributed by atoms with van der Waals surface area (Å²) >= 11 is 0. The quantitative estimate of drug-likeness (QED) is 0.573. The van der Waals surface area contributed by atoms with Crippen molar-refractivity contribution in [2.75, 3.05) is 0 Å². The van der Waals surface area contributed by atoms with Crippen LogP contribution in [-0.4, -0.2) is 11.7 Å². The zero-order valence-electron chi connectivity index (χ0n) is 7.94. The van der Waals surface area contributed by atoms with Gasteiger partial charge in [0.2, 0.25) is 0 Å². The zero-order chi connectivity index (χ0) is 8.60. The highest BCUT2D eigenvalue weighted by Gasteiger charge is 2.44. The normalized spacial score (nSPS) is 31.9. The standard InChI is InChI=1S/C11H18O/c1-9(2)8-10-4-7-11(12-10)5-3-6-11/h10H,1,3-8H2,2H3. The van der Waals surface area contributed by atoms with E-state index in [1.165, 1.54) is 37.7 Å². The molecule has 68 valence electrons. The van der Waals surface area contributed by atoms with E-state index in [9.17, 15) is 0 Å². The number of hydrogen-bond acceptors (Lipinski definition) is 1. The first-order valence-electron chi connectivity index (χ1n) is 5.02. The zero-order valence-corrected chi connectivity index (χ0v) is 7.94. The topological polar surface area (TPSA) is 9.23 Å². The maximum atomic E-state index is 6.03. The molecule has 2 fully saturated rings. The van der Waals surface area contributed by atoms with Crippen molar-refractivity contribution in [3.63, 3.8) is 0 Å². The Morgan fingerprint density at radius 3 is 2.67 bits per heavy atom. The summed E-state index contributed by atoms with van der Waals surface area (Å²) in [6.07, 6.45) is 8.10. The van der Waals surface area contributed by atoms with Gasteiger partial charge in [0.05, 0.1) is 11.7 Å². The lowest BCUT2D eigenvalue weighted by molar-refractivity contribution is -0.0901. The summed E-state index contributed by atoms with van der Waals surface area (Å²) in [5, 5.41) is 0. The van der Waals surface area contributed by atoms with Crippen LogP contribution in [0, 0.1) is 0 Å². The third-order valence-electron chi connectivity index (χ3n) is 3.18. The number of rotatable bonds is 2. The smallest absolute Gasteiger partial charge is 0.0687 e. The molecular formula is C11H18O. The summed E-state index contributed by atoms with van der Waals surface area (Å²) in [5.41, 5.74) is 1.59. The van der Waals surface area contributed by atoms with Gasteiger partial charge >= 0.3 is 0 Å². The highest BCUT2D eigenvalue weighted by atomic mass is 16.5. The van der Waals surface area contributed by atoms with Gasteiger partial charge in [-0.3, -0.25) is 0 Å². The maximum absolute atomic E-state index is 6.03. The molecule has 0 aromatic carbocycles. The van der Waals surface area contributed by atoms with Crippen molar-refractivity contribution >= 4 is 0 Å². The summed E-state index contributed by atoms with van der Waals surface area (Å²) in [5.74, 6) is 0. The monoisotopic (exact) mass is 166 g/mol. The van der Waals surface area contributed by atoms with Crippen molar-refractivity contribution in [1.29, 1.82) is 0 Å². The summed E-state index contributed by atoms with van der Waals surface area (Å²) in [6, 6.07) is 0. The van der Waals surface area contributed by atoms with Gasteiger partial charge in [0, 0.05) is 0 Å². The van der Waals surface area contributed by atoms with E-state index in [1.807, 2.05) is 0 Å². The molecule has 2 rings (SSSR count). The fourth-order valence-electron chi connectivity index (χ4n) is 2.37. The molecule has 1 saturated heterocycles. The molecule has 0 aromatic heterocycles. The largest absolute Gasteiger partial charge is 0.371 e. The van der Waals surface area contributed by atoms with Gasteiger partial charge in [-0.25, -0.2) is 0 Å². The Bertz CT molecular complexity index is 191. The Balaban J connectivity index is 1.85. The predicted molar refractivity (Wildman–Crippen MR) is 50.1 cm³/mol. The van der Waals surface area contributed by atoms with Crippen molar-refractivity contribution < 1.29 is 4.74 Å². The molecular weight excluding hydrogens is 148 g/mol. The van der Waals surface area contributed by atoms with Crippen LogP contribution in [0.15, 0.2) is 12.2 Å². The molecule has 1 saturated carbocycles. The molecule has 1 heterocycles. The highest BCUT2D eigenvalue weighted by Crippen LogP contribution is 2.46. The van der Waals surface area contributed by atoms with Gasteiger partial charge in [-0.05, 0) is 45.4 Å². The molecule has 1 aliphatic heterocycles. The molecule has 0 amide bonds. The Kier molecular flexibility index (Phi) is 1.99. The lowest BCUT2D eigenvalue weighted by Crippen LogP contribution is -2.36. The fraction of sp³-hybridized carbons (Fsp3) is 0.818. The van der Waals surface area contributed by atoms with Crippen molar-refractivity contribution in [2.45, 2.75) is 57.2 Å². The molecule has 1 spiro atoms. The van der Waals surface area contributed by atoms with Crippen LogP contribution in [0.3, 0.4) is 0 Å². The third kappa shape index (κ3) is 1.42. The molecule has 1 aliphatic carbocycles. The van der Waals surface area contributed by atoms with Gasteiger partial charge in [0.15, 0.2) is 0 Å². The van der Waals surface area contributed by atoms with Gasteiger partial charge in [0.25, 0.3) is 0 Å². The highest BCUT2D eigenvalue weighted by molar-refractivity contribution is 4.99. The number of hydrogen-bond donors (Lipinski definition) is 0. The molecule has 0 aromatic rings. The summed E-state index contributed by atoms with van der Waals surface area (Å²) in [7, 11) is 0. The maximum Gasteiger partial charge on any atom is 0.0687 e. The summed E-state index contributed by atoms with van der Waals surface area (Å²) < 4.78 is 6.03. The van der Waals surface area contributed by atoms with Crippen LogP contribution in [0.25, 0.3) is 0 Å². The fourth-order valence-corrected chi connectivity index (χ4v) is 2.37. The van der Waals surface area contributed by atoms with Crippen LogP contribution in [-0.2, 0) is 4.74 Å². The van der Waals surface area contributed by atoms with Crippen LogP contribution >= 0.6 is 0 Å². The predicted octanol–water partition coefficient (Wildman–Crippen LogP) is 3.05. The van der Waals surface area contributed by atoms with Crippen LogP contribution < -0.4 is 0 Å². The van der Waals surface area contributed by atoms with E-state index in [-0.39, 0.29) is 0 Å². The molecule has 0 bridgehead atoms. The van der Waals surface area contributed by atoms with E-state index in [2.05, 4.69) is 13.5 Å². The molecule has 2 aliphatic rings. The van der Waals surface area contributed by atoms with E-state index in [4.69, 9.17) is 4.74 Å². The van der Waals surface area contributed by atoms with E-state index in [0.29, 0.717) is 11.7 Å². The first-order chi connectivity index (χ1) is 5.70. The summed E-state index contributed by atoms with van der Waals surface area (Å²) in [6.45, 7) is 6.02. The van der Waals surface area contributed by atoms with Gasteiger partial charge in [-0.2, -0.15) is 0 Å². The minimum Gasteiger partial charge on any atom is -0.371 e. The SMILES string of the molecule is C=C(C)CC1CCC2(CCC2)O1. The van der Waals surface area contributed by atoms with Crippen molar-refractivity contribution in [3.8, 4) is 0 Å². The van der Waals surface area contributed by atoms with E-state index < -0.39 is 0 Å². The molecule has 12 heavy (non-hydrogen) atoms. The lowest BCUT2D eigenvalue weighted by atomic mass is 9.78. The van der Waals surface area contributed by atoms with Crippen LogP contribution in [0.1, 0.15) is 45.4 Å². The molecule has 1 unspecified atom stereocenters. The van der Waals surface area contributed by atoms with E-state index in [0.717, 1.165) is 6.42 Å². The van der Waals surface area contributed by atoms with Gasteiger partial charge in [-0.1, -0.05) is 5.57 Å².